The highest BCUT2D eigenvalue weighted by atomic mass is 19.4. The second kappa shape index (κ2) is 12.6. The van der Waals surface area contributed by atoms with Crippen molar-refractivity contribution in [2.45, 2.75) is 71.6 Å². The molecular weight excluding hydrogens is 511 g/mol. The zero-order chi connectivity index (χ0) is 28.9. The average molecular weight is 548 g/mol. The van der Waals surface area contributed by atoms with Crippen LogP contribution in [0.1, 0.15) is 62.3 Å². The molecule has 0 unspecified atom stereocenters. The minimum Gasteiger partial charge on any atom is -0.469 e. The van der Waals surface area contributed by atoms with E-state index in [-0.39, 0.29) is 31.7 Å². The van der Waals surface area contributed by atoms with Crippen molar-refractivity contribution in [3.8, 4) is 11.1 Å². The van der Waals surface area contributed by atoms with Crippen LogP contribution >= 0.6 is 0 Å². The maximum atomic E-state index is 13.6. The van der Waals surface area contributed by atoms with Crippen LogP contribution in [0.3, 0.4) is 0 Å². The summed E-state index contributed by atoms with van der Waals surface area (Å²) in [5.74, 6) is -3.52. The van der Waals surface area contributed by atoms with Crippen LogP contribution in [-0.4, -0.2) is 53.5 Å². The Labute approximate surface area is 227 Å². The standard InChI is InChI=1S/C29H36F3N3O4/c1-17(2)11-24(35-10-9-22(13-25(35)36)29(30,31)32)28(38)34-23(14-26(37)39-5)20-12-21(16-33-15-20)27-18(3)7-6-8-19(27)4/h6-8,12,15-17,22-24H,9-11,13-14H2,1-5H3,(H,34,38)/t22-,23-,24-/m0/s1. The Morgan fingerprint density at radius 2 is 1.85 bits per heavy atom. The highest BCUT2D eigenvalue weighted by Gasteiger charge is 2.46. The van der Waals surface area contributed by atoms with Gasteiger partial charge < -0.3 is 15.0 Å². The Kier molecular flexibility index (Phi) is 9.74. The van der Waals surface area contributed by atoms with Gasteiger partial charge in [-0.1, -0.05) is 32.0 Å². The van der Waals surface area contributed by atoms with Crippen LogP contribution in [0.2, 0.25) is 0 Å². The highest BCUT2D eigenvalue weighted by molar-refractivity contribution is 5.89. The first kappa shape index (κ1) is 30.1. The summed E-state index contributed by atoms with van der Waals surface area (Å²) in [6.07, 6.45) is -2.05. The molecule has 212 valence electrons. The fourth-order valence-electron chi connectivity index (χ4n) is 5.11. The number of benzene rings is 1. The van der Waals surface area contributed by atoms with Gasteiger partial charge in [-0.2, -0.15) is 13.2 Å². The third-order valence-corrected chi connectivity index (χ3v) is 7.14. The number of rotatable bonds is 9. The summed E-state index contributed by atoms with van der Waals surface area (Å²) >= 11 is 0. The molecule has 10 heteroatoms. The van der Waals surface area contributed by atoms with E-state index in [2.05, 4.69) is 10.3 Å². The van der Waals surface area contributed by atoms with Gasteiger partial charge in [0.05, 0.1) is 25.5 Å². The number of piperidine rings is 1. The molecule has 1 aliphatic heterocycles. The summed E-state index contributed by atoms with van der Waals surface area (Å²) in [5.41, 5.74) is 4.46. The van der Waals surface area contributed by atoms with Gasteiger partial charge in [-0.05, 0) is 60.9 Å². The van der Waals surface area contributed by atoms with E-state index in [1.807, 2.05) is 52.0 Å². The smallest absolute Gasteiger partial charge is 0.392 e. The lowest BCUT2D eigenvalue weighted by Gasteiger charge is -2.38. The molecule has 1 N–H and O–H groups in total. The Balaban J connectivity index is 1.91. The lowest BCUT2D eigenvalue weighted by atomic mass is 9.92. The topological polar surface area (TPSA) is 88.6 Å². The molecular formula is C29H36F3N3O4. The van der Waals surface area contributed by atoms with Gasteiger partial charge in [-0.15, -0.1) is 0 Å². The van der Waals surface area contributed by atoms with Crippen LogP contribution in [-0.2, 0) is 19.1 Å². The van der Waals surface area contributed by atoms with E-state index in [1.165, 1.54) is 12.0 Å². The number of halogens is 3. The Bertz CT molecular complexity index is 1180. The van der Waals surface area contributed by atoms with E-state index in [1.54, 1.807) is 12.4 Å². The largest absolute Gasteiger partial charge is 0.469 e. The summed E-state index contributed by atoms with van der Waals surface area (Å²) < 4.78 is 44.6. The molecule has 0 bridgehead atoms. The molecule has 2 heterocycles. The van der Waals surface area contributed by atoms with Gasteiger partial charge in [0, 0.05) is 30.9 Å². The summed E-state index contributed by atoms with van der Waals surface area (Å²) in [6, 6.07) is 5.99. The van der Waals surface area contributed by atoms with Crippen molar-refractivity contribution in [3.63, 3.8) is 0 Å². The van der Waals surface area contributed by atoms with Crippen LogP contribution < -0.4 is 5.32 Å². The van der Waals surface area contributed by atoms with Crippen LogP contribution in [0.5, 0.6) is 0 Å². The van der Waals surface area contributed by atoms with Crippen LogP contribution in [0.25, 0.3) is 11.1 Å². The fourth-order valence-corrected chi connectivity index (χ4v) is 5.11. The summed E-state index contributed by atoms with van der Waals surface area (Å²) in [4.78, 5) is 44.3. The summed E-state index contributed by atoms with van der Waals surface area (Å²) in [7, 11) is 1.25. The number of nitrogens with zero attached hydrogens (tertiary/aromatic N) is 2. The van der Waals surface area contributed by atoms with Crippen molar-refractivity contribution >= 4 is 17.8 Å². The minimum atomic E-state index is -4.46. The average Bonchev–Trinajstić information content (AvgIpc) is 2.86. The third-order valence-electron chi connectivity index (χ3n) is 7.14. The SMILES string of the molecule is COC(=O)C[C@H](NC(=O)[C@H](CC(C)C)N1CC[C@H](C(F)(F)F)CC1=O)c1cncc(-c2c(C)cccc2C)c1. The van der Waals surface area contributed by atoms with Crippen molar-refractivity contribution < 1.29 is 32.3 Å². The molecule has 39 heavy (non-hydrogen) atoms. The van der Waals surface area contributed by atoms with Gasteiger partial charge in [0.2, 0.25) is 11.8 Å². The molecule has 0 radical (unpaired) electrons. The van der Waals surface area contributed by atoms with E-state index in [9.17, 15) is 27.6 Å². The monoisotopic (exact) mass is 547 g/mol. The Hall–Kier alpha value is -3.43. The molecule has 1 aliphatic rings. The first-order valence-corrected chi connectivity index (χ1v) is 13.1. The Morgan fingerprint density at radius 1 is 1.18 bits per heavy atom. The molecule has 0 saturated carbocycles. The van der Waals surface area contributed by atoms with Gasteiger partial charge in [-0.25, -0.2) is 0 Å². The van der Waals surface area contributed by atoms with Gasteiger partial charge in [0.1, 0.15) is 6.04 Å². The number of amides is 2. The molecule has 3 atom stereocenters. The number of aryl methyl sites for hydroxylation is 2. The molecule has 0 aliphatic carbocycles. The van der Waals surface area contributed by atoms with Gasteiger partial charge in [-0.3, -0.25) is 19.4 Å². The van der Waals surface area contributed by atoms with Gasteiger partial charge >= 0.3 is 12.1 Å². The molecule has 2 aromatic rings. The number of methoxy groups -OCH3 is 1. The molecule has 1 aromatic heterocycles. The van der Waals surface area contributed by atoms with Gasteiger partial charge in [0.25, 0.3) is 0 Å². The molecule has 3 rings (SSSR count). The number of hydrogen-bond acceptors (Lipinski definition) is 5. The van der Waals surface area contributed by atoms with E-state index < -0.39 is 48.4 Å². The second-order valence-electron chi connectivity index (χ2n) is 10.6. The first-order chi connectivity index (χ1) is 18.3. The molecule has 1 saturated heterocycles. The number of hydrogen-bond donors (Lipinski definition) is 1. The number of pyridine rings is 1. The number of carbonyl (C=O) groups excluding carboxylic acids is 3. The van der Waals surface area contributed by atoms with E-state index >= 15 is 0 Å². The summed E-state index contributed by atoms with van der Waals surface area (Å²) in [6.45, 7) is 7.55. The van der Waals surface area contributed by atoms with Crippen LogP contribution in [0, 0.1) is 25.7 Å². The number of carbonyl (C=O) groups is 3. The second-order valence-corrected chi connectivity index (χ2v) is 10.6. The fraction of sp³-hybridized carbons (Fsp3) is 0.517. The number of aromatic nitrogens is 1. The lowest BCUT2D eigenvalue weighted by Crippen LogP contribution is -2.54. The predicted molar refractivity (Wildman–Crippen MR) is 140 cm³/mol. The zero-order valence-electron chi connectivity index (χ0n) is 23.0. The van der Waals surface area contributed by atoms with Crippen molar-refractivity contribution in [2.75, 3.05) is 13.7 Å². The number of esters is 1. The van der Waals surface area contributed by atoms with E-state index in [0.29, 0.717) is 5.56 Å². The van der Waals surface area contributed by atoms with Crippen molar-refractivity contribution in [2.24, 2.45) is 11.8 Å². The first-order valence-electron chi connectivity index (χ1n) is 13.1. The van der Waals surface area contributed by atoms with E-state index in [0.717, 1.165) is 22.3 Å². The number of alkyl halides is 3. The Morgan fingerprint density at radius 3 is 2.41 bits per heavy atom. The normalized spacial score (nSPS) is 17.6. The number of ether oxygens (including phenoxy) is 1. The van der Waals surface area contributed by atoms with Crippen LogP contribution in [0.15, 0.2) is 36.7 Å². The molecule has 2 amide bonds. The zero-order valence-corrected chi connectivity index (χ0v) is 23.0. The molecule has 1 aromatic carbocycles. The molecule has 0 spiro atoms. The van der Waals surface area contributed by atoms with Crippen molar-refractivity contribution in [1.82, 2.24) is 15.2 Å². The van der Waals surface area contributed by atoms with Crippen LogP contribution in [0.4, 0.5) is 13.2 Å². The third kappa shape index (κ3) is 7.58. The predicted octanol–water partition coefficient (Wildman–Crippen LogP) is 5.30. The summed E-state index contributed by atoms with van der Waals surface area (Å²) in [5, 5.41) is 2.88. The lowest BCUT2D eigenvalue weighted by molar-refractivity contribution is -0.191. The van der Waals surface area contributed by atoms with Gasteiger partial charge in [0.15, 0.2) is 0 Å². The number of likely N-dealkylation sites (tertiary alicyclic amines) is 1. The maximum absolute atomic E-state index is 13.6. The quantitative estimate of drug-likeness (QED) is 0.431. The van der Waals surface area contributed by atoms with Crippen molar-refractivity contribution in [1.29, 1.82) is 0 Å². The minimum absolute atomic E-state index is 0.0121. The maximum Gasteiger partial charge on any atom is 0.392 e. The molecule has 1 fully saturated rings. The van der Waals surface area contributed by atoms with E-state index in [4.69, 9.17) is 4.74 Å². The number of nitrogens with one attached hydrogen (secondary N) is 1. The van der Waals surface area contributed by atoms with Crippen molar-refractivity contribution in [3.05, 3.63) is 53.3 Å². The highest BCUT2D eigenvalue weighted by Crippen LogP contribution is 2.36. The molecule has 7 nitrogen and oxygen atoms in total.